The van der Waals surface area contributed by atoms with E-state index in [-0.39, 0.29) is 34.1 Å². The summed E-state index contributed by atoms with van der Waals surface area (Å²) in [6.07, 6.45) is 5.15. The first kappa shape index (κ1) is 20.3. The molecule has 0 aliphatic heterocycles. The predicted octanol–water partition coefficient (Wildman–Crippen LogP) is 5.08. The third kappa shape index (κ3) is 3.26. The maximum absolute atomic E-state index is 13.5. The fraction of sp³-hybridized carbons (Fsp3) is 0.400. The van der Waals surface area contributed by atoms with E-state index < -0.39 is 0 Å². The maximum Gasteiger partial charge on any atom is 0.272 e. The average molecular weight is 439 g/mol. The number of rotatable bonds is 5. The molecule has 160 valence electrons. The van der Waals surface area contributed by atoms with Gasteiger partial charge in [0.15, 0.2) is 5.78 Å². The van der Waals surface area contributed by atoms with Crippen molar-refractivity contribution in [1.82, 2.24) is 0 Å². The summed E-state index contributed by atoms with van der Waals surface area (Å²) in [5.74, 6) is 2.14. The van der Waals surface area contributed by atoms with Crippen molar-refractivity contribution >= 4 is 28.6 Å². The molecule has 31 heavy (non-hydrogen) atoms. The van der Waals surface area contributed by atoms with E-state index in [4.69, 9.17) is 16.3 Å². The molecule has 0 spiro atoms. The Hall–Kier alpha value is -2.66. The first-order valence-corrected chi connectivity index (χ1v) is 11.4. The number of halogens is 1. The fourth-order valence-corrected chi connectivity index (χ4v) is 6.10. The van der Waals surface area contributed by atoms with Crippen molar-refractivity contribution in [3.63, 3.8) is 0 Å². The van der Waals surface area contributed by atoms with Crippen LogP contribution < -0.4 is 9.91 Å². The van der Waals surface area contributed by atoms with Gasteiger partial charge in [-0.3, -0.25) is 4.79 Å². The quantitative estimate of drug-likeness (QED) is 0.682. The lowest BCUT2D eigenvalue weighted by molar-refractivity contribution is -0.379. The first-order valence-electron chi connectivity index (χ1n) is 11.0. The minimum absolute atomic E-state index is 0.0183. The Morgan fingerprint density at radius 3 is 2.29 bits per heavy atom. The number of nitroso groups, excluding NO2 is 1. The van der Waals surface area contributed by atoms with Crippen LogP contribution >= 0.6 is 11.6 Å². The molecule has 3 saturated carbocycles. The van der Waals surface area contributed by atoms with Crippen LogP contribution in [0.3, 0.4) is 0 Å². The zero-order valence-corrected chi connectivity index (χ0v) is 18.1. The van der Waals surface area contributed by atoms with Gasteiger partial charge in [-0.15, -0.1) is 0 Å². The number of hydrogen-bond acceptors (Lipinski definition) is 4. The monoisotopic (exact) mass is 438 g/mol. The summed E-state index contributed by atoms with van der Waals surface area (Å²) < 4.78 is 5.97. The Balaban J connectivity index is 1.52. The molecule has 2 N–H and O–H groups in total. The topological polar surface area (TPSA) is 77.6 Å². The Labute approximate surface area is 186 Å². The zero-order valence-electron chi connectivity index (χ0n) is 17.4. The molecule has 6 heteroatoms. The predicted molar refractivity (Wildman–Crippen MR) is 118 cm³/mol. The van der Waals surface area contributed by atoms with Gasteiger partial charge in [-0.25, -0.2) is 0 Å². The molecular weight excluding hydrogens is 414 g/mol. The largest absolute Gasteiger partial charge is 0.511 e. The molecule has 2 aromatic carbocycles. The Bertz CT molecular complexity index is 1100. The number of aliphatic hydroxyl groups excluding tert-OH is 1. The van der Waals surface area contributed by atoms with E-state index in [1.54, 1.807) is 23.4 Å². The highest BCUT2D eigenvalue weighted by molar-refractivity contribution is 6.32. The SMILES string of the molecule is CCc1ccc(Oc2ccc([NH+]=O)c(Cl)c2)cc1C1=C(O)C2C3CCC(CC3)C2C1=O. The van der Waals surface area contributed by atoms with Crippen molar-refractivity contribution in [2.24, 2.45) is 23.7 Å². The lowest BCUT2D eigenvalue weighted by Crippen LogP contribution is -2.55. The molecule has 0 saturated heterocycles. The summed E-state index contributed by atoms with van der Waals surface area (Å²) in [5.41, 5.74) is 2.54. The van der Waals surface area contributed by atoms with E-state index in [1.165, 1.54) is 0 Å². The van der Waals surface area contributed by atoms with Gasteiger partial charge in [-0.05, 0) is 73.3 Å². The van der Waals surface area contributed by atoms with Crippen molar-refractivity contribution in [2.45, 2.75) is 39.0 Å². The van der Waals surface area contributed by atoms with Crippen LogP contribution in [0, 0.1) is 28.6 Å². The lowest BCUT2D eigenvalue weighted by Gasteiger charge is -2.44. The summed E-state index contributed by atoms with van der Waals surface area (Å²) in [6, 6.07) is 10.4. The van der Waals surface area contributed by atoms with Gasteiger partial charge in [0.25, 0.3) is 5.69 Å². The van der Waals surface area contributed by atoms with Gasteiger partial charge in [0.05, 0.1) is 5.57 Å². The number of ether oxygens (including phenoxy) is 1. The number of aliphatic hydroxyl groups is 1. The number of hydrogen-bond donors (Lipinski definition) is 2. The highest BCUT2D eigenvalue weighted by Gasteiger charge is 2.54. The van der Waals surface area contributed by atoms with Gasteiger partial charge in [-0.2, -0.15) is 0 Å². The average Bonchev–Trinajstić information content (AvgIpc) is 3.07. The molecule has 0 amide bonds. The van der Waals surface area contributed by atoms with Crippen LogP contribution in [0.25, 0.3) is 5.57 Å². The number of carbonyl (C=O) groups is 1. The molecule has 2 aromatic rings. The van der Waals surface area contributed by atoms with Crippen molar-refractivity contribution < 1.29 is 19.8 Å². The molecule has 6 rings (SSSR count). The lowest BCUT2D eigenvalue weighted by atomic mass is 9.59. The number of benzene rings is 2. The van der Waals surface area contributed by atoms with E-state index in [9.17, 15) is 14.8 Å². The first-order chi connectivity index (χ1) is 15.0. The number of ketones is 1. The third-order valence-corrected chi connectivity index (χ3v) is 7.67. The molecule has 2 atom stereocenters. The van der Waals surface area contributed by atoms with E-state index in [0.717, 1.165) is 43.2 Å². The Morgan fingerprint density at radius 1 is 1.03 bits per heavy atom. The molecule has 4 aliphatic carbocycles. The highest BCUT2D eigenvalue weighted by Crippen LogP contribution is 2.57. The number of fused-ring (bicyclic) bond motifs is 2. The number of aryl methyl sites for hydroxylation is 1. The minimum Gasteiger partial charge on any atom is -0.511 e. The second-order valence-electron chi connectivity index (χ2n) is 8.87. The van der Waals surface area contributed by atoms with Crippen LogP contribution in [0.5, 0.6) is 11.5 Å². The van der Waals surface area contributed by atoms with Gasteiger partial charge >= 0.3 is 0 Å². The van der Waals surface area contributed by atoms with Crippen molar-refractivity contribution in [2.75, 3.05) is 0 Å². The molecule has 0 aromatic heterocycles. The van der Waals surface area contributed by atoms with Gasteiger partial charge < -0.3 is 9.84 Å². The van der Waals surface area contributed by atoms with E-state index in [2.05, 4.69) is 0 Å². The highest BCUT2D eigenvalue weighted by atomic mass is 35.5. The number of carbonyl (C=O) groups excluding carboxylic acids is 1. The second-order valence-corrected chi connectivity index (χ2v) is 9.28. The summed E-state index contributed by atoms with van der Waals surface area (Å²) >= 11 is 6.09. The molecular formula is C25H25ClNO4+. The van der Waals surface area contributed by atoms with Crippen LogP contribution in [0.2, 0.25) is 5.02 Å². The van der Waals surface area contributed by atoms with Crippen molar-refractivity contribution in [3.8, 4) is 11.5 Å². The Kier molecular flexibility index (Phi) is 5.09. The Morgan fingerprint density at radius 2 is 1.68 bits per heavy atom. The molecule has 2 bridgehead atoms. The summed E-state index contributed by atoms with van der Waals surface area (Å²) in [4.78, 5) is 24.3. The molecule has 3 fully saturated rings. The van der Waals surface area contributed by atoms with Crippen LogP contribution in [0.4, 0.5) is 5.69 Å². The van der Waals surface area contributed by atoms with E-state index >= 15 is 0 Å². The molecule has 2 unspecified atom stereocenters. The third-order valence-electron chi connectivity index (χ3n) is 7.36. The van der Waals surface area contributed by atoms with Gasteiger partial charge in [0.1, 0.15) is 22.3 Å². The standard InChI is InChI=1S/C25H24ClNO4/c1-2-13-7-8-16(31-17-9-10-20(27-30)19(26)12-17)11-18(13)23-24(28)21-14-3-4-15(6-5-14)22(21)25(23)29/h7-12,14-15,21-22,28H,2-6H2,1H3/p+1. The van der Waals surface area contributed by atoms with Crippen LogP contribution in [-0.4, -0.2) is 10.9 Å². The molecule has 4 aliphatic rings. The van der Waals surface area contributed by atoms with Gasteiger partial charge in [0.2, 0.25) is 0 Å². The number of Topliss-reactive ketones (excluding diaryl/α,β-unsaturated/α-hetero) is 1. The van der Waals surface area contributed by atoms with Crippen LogP contribution in [0.1, 0.15) is 43.7 Å². The van der Waals surface area contributed by atoms with Crippen LogP contribution in [-0.2, 0) is 11.2 Å². The number of allylic oxidation sites excluding steroid dienone is 2. The minimum atomic E-state index is -0.0669. The van der Waals surface area contributed by atoms with Crippen molar-refractivity contribution in [3.05, 3.63) is 63.2 Å². The van der Waals surface area contributed by atoms with Gasteiger partial charge in [0, 0.05) is 34.1 Å². The summed E-state index contributed by atoms with van der Waals surface area (Å²) in [6.45, 7) is 2.04. The molecule has 5 nitrogen and oxygen atoms in total. The van der Waals surface area contributed by atoms with Gasteiger partial charge in [-0.1, -0.05) is 24.6 Å². The van der Waals surface area contributed by atoms with Crippen molar-refractivity contribution in [1.29, 1.82) is 0 Å². The summed E-state index contributed by atoms with van der Waals surface area (Å²) in [5, 5.41) is 13.2. The smallest absolute Gasteiger partial charge is 0.272 e. The fourth-order valence-electron chi connectivity index (χ4n) is 5.89. The van der Waals surface area contributed by atoms with E-state index in [1.807, 2.05) is 25.1 Å². The summed E-state index contributed by atoms with van der Waals surface area (Å²) in [7, 11) is 0. The molecule has 0 heterocycles. The second kappa shape index (κ2) is 7.79. The normalized spacial score (nSPS) is 26.8. The van der Waals surface area contributed by atoms with Crippen LogP contribution in [0.15, 0.2) is 42.2 Å². The molecule has 0 radical (unpaired) electrons. The van der Waals surface area contributed by atoms with E-state index in [0.29, 0.717) is 28.9 Å². The zero-order chi connectivity index (χ0) is 21.7. The number of nitrogens with one attached hydrogen (secondary N) is 1. The maximum atomic E-state index is 13.5.